The average Bonchev–Trinajstić information content (AvgIpc) is 4.17. The molecule has 2 aromatic carbocycles. The Morgan fingerprint density at radius 2 is 1.16 bits per heavy atom. The van der Waals surface area contributed by atoms with E-state index in [1.54, 1.807) is 34.1 Å². The molecule has 0 bridgehead atoms. The summed E-state index contributed by atoms with van der Waals surface area (Å²) in [5.41, 5.74) is 13.3. The van der Waals surface area contributed by atoms with Crippen molar-refractivity contribution in [2.24, 2.45) is 17.6 Å². The molecule has 2 aliphatic rings. The lowest BCUT2D eigenvalue weighted by Crippen LogP contribution is -2.16. The zero-order valence-electron chi connectivity index (χ0n) is 34.7. The van der Waals surface area contributed by atoms with E-state index < -0.39 is 0 Å². The smallest absolute Gasteiger partial charge is 0.228 e. The summed E-state index contributed by atoms with van der Waals surface area (Å²) in [5.74, 6) is 0.00407. The van der Waals surface area contributed by atoms with Crippen LogP contribution in [0.15, 0.2) is 60.9 Å². The van der Waals surface area contributed by atoms with Gasteiger partial charge in [-0.2, -0.15) is 30.0 Å². The van der Waals surface area contributed by atoms with E-state index in [-0.39, 0.29) is 51.8 Å². The van der Waals surface area contributed by atoms with Gasteiger partial charge in [0.2, 0.25) is 11.8 Å². The van der Waals surface area contributed by atoms with Crippen LogP contribution in [0.2, 0.25) is 5.15 Å². The maximum absolute atomic E-state index is 12.1. The van der Waals surface area contributed by atoms with Crippen molar-refractivity contribution in [1.29, 1.82) is 0 Å². The molecule has 6 aromatic rings. The van der Waals surface area contributed by atoms with Crippen LogP contribution in [-0.4, -0.2) is 73.8 Å². The molecule has 19 heteroatoms. The van der Waals surface area contributed by atoms with E-state index in [2.05, 4.69) is 56.7 Å². The van der Waals surface area contributed by atoms with Crippen LogP contribution in [0.25, 0.3) is 22.5 Å². The number of nitrogens with zero attached hydrogens (tertiary/aromatic N) is 10. The molecule has 2 saturated carbocycles. The van der Waals surface area contributed by atoms with E-state index in [1.807, 2.05) is 64.1 Å². The Labute approximate surface area is 357 Å². The number of nitrogens with two attached hydrogens (primary N) is 1. The molecule has 2 amide bonds. The predicted molar refractivity (Wildman–Crippen MR) is 231 cm³/mol. The van der Waals surface area contributed by atoms with Crippen LogP contribution < -0.4 is 21.7 Å². The highest BCUT2D eigenvalue weighted by Crippen LogP contribution is 2.33. The van der Waals surface area contributed by atoms with E-state index in [9.17, 15) is 19.2 Å². The fourth-order valence-corrected chi connectivity index (χ4v) is 6.15. The Bertz CT molecular complexity index is 2580. The van der Waals surface area contributed by atoms with Gasteiger partial charge in [0.15, 0.2) is 33.9 Å². The molecule has 0 radical (unpaired) electrons. The van der Waals surface area contributed by atoms with Crippen LogP contribution in [-0.2, 0) is 22.7 Å². The lowest BCUT2D eigenvalue weighted by atomic mass is 10.0. The standard InChI is InChI=1S/C21H23N7O2.C17H17ClN6O.C4H7NO/c1-4-28-22-11-18(27-28)15-6-5-7-16(12(15)2)23-17-10-19(24-21(30)14-8-9-14)25-26-20(17)13(3)29;1-4-24-19-9-15(23-24)12-6-5-7-13(10(12)2)20-14-8-16(18)21-22-17(14)11(3)25;5-4(6)3-1-2-3/h5-7,10-11,14H,4,8-9H2,1-3H3,(H2,23,24,25,30);5-9H,4H2,1-3H3,(H,20,21);3H,1-2H2,(H2,5,6). The monoisotopic (exact) mass is 846 g/mol. The first kappa shape index (κ1) is 43.6. The number of carbonyl (C=O) groups is 4. The summed E-state index contributed by atoms with van der Waals surface area (Å²) in [6.07, 6.45) is 7.30. The number of hydrogen-bond donors (Lipinski definition) is 4. The fraction of sp³-hybridized carbons (Fsp3) is 0.333. The van der Waals surface area contributed by atoms with Gasteiger partial charge in [-0.15, -0.1) is 20.4 Å². The van der Waals surface area contributed by atoms with Crippen LogP contribution >= 0.6 is 11.6 Å². The van der Waals surface area contributed by atoms with E-state index in [0.29, 0.717) is 30.3 Å². The Morgan fingerprint density at radius 3 is 1.57 bits per heavy atom. The topological polar surface area (TPSA) is 243 Å². The minimum atomic E-state index is -0.218. The van der Waals surface area contributed by atoms with Gasteiger partial charge in [0.1, 0.15) is 11.4 Å². The van der Waals surface area contributed by atoms with Crippen LogP contribution in [0.4, 0.5) is 28.6 Å². The highest BCUT2D eigenvalue weighted by molar-refractivity contribution is 6.29. The van der Waals surface area contributed by atoms with E-state index in [4.69, 9.17) is 17.3 Å². The minimum absolute atomic E-state index is 0.0474. The Kier molecular flexibility index (Phi) is 13.9. The largest absolute Gasteiger partial charge is 0.369 e. The van der Waals surface area contributed by atoms with Crippen molar-refractivity contribution >= 4 is 63.5 Å². The molecule has 5 N–H and O–H groups in total. The molecule has 2 fully saturated rings. The summed E-state index contributed by atoms with van der Waals surface area (Å²) in [5, 5.41) is 42.5. The van der Waals surface area contributed by atoms with Crippen molar-refractivity contribution in [1.82, 2.24) is 50.4 Å². The number of rotatable bonds is 13. The molecular weight excluding hydrogens is 800 g/mol. The number of amides is 2. The highest BCUT2D eigenvalue weighted by atomic mass is 35.5. The summed E-state index contributed by atoms with van der Waals surface area (Å²) in [7, 11) is 0. The van der Waals surface area contributed by atoms with E-state index >= 15 is 0 Å². The molecule has 4 aromatic heterocycles. The highest BCUT2D eigenvalue weighted by Gasteiger charge is 2.30. The fourth-order valence-electron chi connectivity index (χ4n) is 6.01. The Balaban J connectivity index is 0.000000181. The zero-order chi connectivity index (χ0) is 43.8. The van der Waals surface area contributed by atoms with Gasteiger partial charge in [-0.3, -0.25) is 19.2 Å². The van der Waals surface area contributed by atoms with Crippen molar-refractivity contribution in [3.05, 3.63) is 88.6 Å². The van der Waals surface area contributed by atoms with Gasteiger partial charge in [0, 0.05) is 60.3 Å². The number of anilines is 5. The van der Waals surface area contributed by atoms with Gasteiger partial charge in [-0.1, -0.05) is 35.9 Å². The van der Waals surface area contributed by atoms with Gasteiger partial charge < -0.3 is 21.7 Å². The van der Waals surface area contributed by atoms with Crippen molar-refractivity contribution in [2.45, 2.75) is 80.3 Å². The molecule has 4 heterocycles. The molecule has 316 valence electrons. The number of benzene rings is 2. The maximum Gasteiger partial charge on any atom is 0.228 e. The second-order valence-corrected chi connectivity index (χ2v) is 14.9. The number of nitrogens with one attached hydrogen (secondary N) is 3. The summed E-state index contributed by atoms with van der Waals surface area (Å²) in [6, 6.07) is 14.8. The van der Waals surface area contributed by atoms with Gasteiger partial charge in [-0.25, -0.2) is 0 Å². The maximum atomic E-state index is 12.1. The van der Waals surface area contributed by atoms with Gasteiger partial charge >= 0.3 is 0 Å². The van der Waals surface area contributed by atoms with Gasteiger partial charge in [0.25, 0.3) is 0 Å². The summed E-state index contributed by atoms with van der Waals surface area (Å²) in [6.45, 7) is 12.2. The van der Waals surface area contributed by atoms with Crippen molar-refractivity contribution < 1.29 is 19.2 Å². The number of halogens is 1. The molecule has 0 atom stereocenters. The summed E-state index contributed by atoms with van der Waals surface area (Å²) in [4.78, 5) is 49.1. The first-order valence-corrected chi connectivity index (χ1v) is 20.2. The molecule has 61 heavy (non-hydrogen) atoms. The predicted octanol–water partition coefficient (Wildman–Crippen LogP) is 6.90. The molecule has 18 nitrogen and oxygen atoms in total. The van der Waals surface area contributed by atoms with Crippen molar-refractivity contribution in [2.75, 3.05) is 16.0 Å². The number of carbonyl (C=O) groups excluding carboxylic acids is 4. The second kappa shape index (κ2) is 19.4. The average molecular weight is 847 g/mol. The van der Waals surface area contributed by atoms with Gasteiger partial charge in [0.05, 0.1) is 36.9 Å². The van der Waals surface area contributed by atoms with Crippen LogP contribution in [0.5, 0.6) is 0 Å². The molecule has 8 rings (SSSR count). The molecule has 0 spiro atoms. The zero-order valence-corrected chi connectivity index (χ0v) is 35.5. The quantitative estimate of drug-likeness (QED) is 0.0864. The molecule has 0 aliphatic heterocycles. The number of Topliss-reactive ketones (excluding diaryl/α,β-unsaturated/α-hetero) is 2. The molecule has 2 aliphatic carbocycles. The number of aryl methyl sites for hydroxylation is 2. The van der Waals surface area contributed by atoms with Crippen molar-refractivity contribution in [3.8, 4) is 22.5 Å². The third-order valence-corrected chi connectivity index (χ3v) is 9.99. The second-order valence-electron chi connectivity index (χ2n) is 14.5. The minimum Gasteiger partial charge on any atom is -0.369 e. The third-order valence-electron chi connectivity index (χ3n) is 9.80. The number of aromatic nitrogens is 10. The van der Waals surface area contributed by atoms with Crippen LogP contribution in [0.1, 0.15) is 85.5 Å². The molecular formula is C42H47ClN14O4. The Hall–Kier alpha value is -6.95. The number of ketones is 2. The Morgan fingerprint density at radius 1 is 0.689 bits per heavy atom. The first-order valence-electron chi connectivity index (χ1n) is 19.8. The lowest BCUT2D eigenvalue weighted by Gasteiger charge is -2.15. The lowest BCUT2D eigenvalue weighted by molar-refractivity contribution is -0.119. The van der Waals surface area contributed by atoms with E-state index in [1.165, 1.54) is 13.8 Å². The summed E-state index contributed by atoms with van der Waals surface area (Å²) >= 11 is 5.93. The van der Waals surface area contributed by atoms with E-state index in [0.717, 1.165) is 70.7 Å². The third kappa shape index (κ3) is 11.2. The first-order chi connectivity index (χ1) is 29.3. The van der Waals surface area contributed by atoms with Crippen LogP contribution in [0.3, 0.4) is 0 Å². The molecule has 0 saturated heterocycles. The van der Waals surface area contributed by atoms with Gasteiger partial charge in [-0.05, 0) is 76.6 Å². The normalized spacial score (nSPS) is 12.9. The van der Waals surface area contributed by atoms with Crippen LogP contribution in [0, 0.1) is 25.7 Å². The number of primary amides is 1. The van der Waals surface area contributed by atoms with Crippen molar-refractivity contribution in [3.63, 3.8) is 0 Å². The SMILES string of the molecule is CCn1ncc(-c2cccc(Nc3cc(Cl)nnc3C(C)=O)c2C)n1.CCn1ncc(-c2cccc(Nc3cc(NC(=O)C4CC4)nnc3C(C)=O)c2C)n1.NC(=O)C1CC1. The molecule has 0 unspecified atom stereocenters. The number of hydrogen-bond acceptors (Lipinski definition) is 14. The summed E-state index contributed by atoms with van der Waals surface area (Å²) < 4.78 is 0.